The first kappa shape index (κ1) is 13.3. The molecule has 0 saturated heterocycles. The standard InChI is InChI=1S/C16H29N3/c17-16(18-13-7-1-2-8-13)19(14-9-3-4-10-14)15-11-5-6-12-15/h13-15H,1-12H2,(H2,17,18). The highest BCUT2D eigenvalue weighted by molar-refractivity contribution is 5.79. The summed E-state index contributed by atoms with van der Waals surface area (Å²) in [5.74, 6) is 0.880. The molecule has 3 aliphatic rings. The minimum Gasteiger partial charge on any atom is -0.370 e. The van der Waals surface area contributed by atoms with Crippen LogP contribution < -0.4 is 5.73 Å². The quantitative estimate of drug-likeness (QED) is 0.626. The van der Waals surface area contributed by atoms with E-state index >= 15 is 0 Å². The number of nitrogens with zero attached hydrogens (tertiary/aromatic N) is 2. The molecule has 108 valence electrons. The van der Waals surface area contributed by atoms with Gasteiger partial charge in [0.15, 0.2) is 5.96 Å². The molecule has 0 bridgehead atoms. The topological polar surface area (TPSA) is 41.6 Å². The Morgan fingerprint density at radius 2 is 1.16 bits per heavy atom. The van der Waals surface area contributed by atoms with Gasteiger partial charge in [0.25, 0.3) is 0 Å². The van der Waals surface area contributed by atoms with E-state index in [0.29, 0.717) is 18.1 Å². The van der Waals surface area contributed by atoms with Crippen molar-refractivity contribution in [3.8, 4) is 0 Å². The van der Waals surface area contributed by atoms with Crippen molar-refractivity contribution in [2.45, 2.75) is 95.2 Å². The van der Waals surface area contributed by atoms with Gasteiger partial charge in [-0.05, 0) is 38.5 Å². The molecule has 3 nitrogen and oxygen atoms in total. The van der Waals surface area contributed by atoms with Crippen LogP contribution in [0.4, 0.5) is 0 Å². The number of hydrogen-bond acceptors (Lipinski definition) is 1. The summed E-state index contributed by atoms with van der Waals surface area (Å²) in [4.78, 5) is 7.43. The molecule has 0 aromatic rings. The van der Waals surface area contributed by atoms with Crippen LogP contribution in [0.5, 0.6) is 0 Å². The molecule has 0 atom stereocenters. The van der Waals surface area contributed by atoms with E-state index in [1.165, 1.54) is 77.0 Å². The van der Waals surface area contributed by atoms with Crippen LogP contribution in [0.15, 0.2) is 4.99 Å². The average Bonchev–Trinajstić information content (AvgIpc) is 3.11. The van der Waals surface area contributed by atoms with E-state index in [1.54, 1.807) is 0 Å². The Hall–Kier alpha value is -0.730. The molecular formula is C16H29N3. The van der Waals surface area contributed by atoms with Crippen molar-refractivity contribution in [2.24, 2.45) is 10.7 Å². The van der Waals surface area contributed by atoms with Gasteiger partial charge in [0.05, 0.1) is 6.04 Å². The highest BCUT2D eigenvalue weighted by Gasteiger charge is 2.32. The molecule has 3 saturated carbocycles. The summed E-state index contributed by atoms with van der Waals surface area (Å²) in [5.41, 5.74) is 6.43. The summed E-state index contributed by atoms with van der Waals surface area (Å²) in [7, 11) is 0. The summed E-state index contributed by atoms with van der Waals surface area (Å²) in [6.45, 7) is 0. The second kappa shape index (κ2) is 6.15. The number of hydrogen-bond donors (Lipinski definition) is 1. The third-order valence-electron chi connectivity index (χ3n) is 5.34. The number of rotatable bonds is 3. The molecule has 0 unspecified atom stereocenters. The van der Waals surface area contributed by atoms with Crippen molar-refractivity contribution in [3.63, 3.8) is 0 Å². The van der Waals surface area contributed by atoms with Gasteiger partial charge in [0.1, 0.15) is 0 Å². The fourth-order valence-corrected chi connectivity index (χ4v) is 4.32. The van der Waals surface area contributed by atoms with Gasteiger partial charge in [-0.3, -0.25) is 0 Å². The minimum atomic E-state index is 0.519. The summed E-state index contributed by atoms with van der Waals surface area (Å²) in [5, 5.41) is 0. The van der Waals surface area contributed by atoms with Crippen LogP contribution >= 0.6 is 0 Å². The molecule has 3 aliphatic carbocycles. The smallest absolute Gasteiger partial charge is 0.192 e. The maximum atomic E-state index is 6.43. The Morgan fingerprint density at radius 3 is 1.63 bits per heavy atom. The van der Waals surface area contributed by atoms with Gasteiger partial charge >= 0.3 is 0 Å². The molecule has 19 heavy (non-hydrogen) atoms. The number of aliphatic imine (C=N–C) groups is 1. The van der Waals surface area contributed by atoms with Crippen molar-refractivity contribution in [2.75, 3.05) is 0 Å². The van der Waals surface area contributed by atoms with Gasteiger partial charge < -0.3 is 10.6 Å². The Labute approximate surface area is 117 Å². The molecule has 0 spiro atoms. The van der Waals surface area contributed by atoms with Crippen molar-refractivity contribution < 1.29 is 0 Å². The monoisotopic (exact) mass is 263 g/mol. The van der Waals surface area contributed by atoms with Gasteiger partial charge in [-0.1, -0.05) is 38.5 Å². The molecule has 2 N–H and O–H groups in total. The lowest BCUT2D eigenvalue weighted by atomic mass is 10.1. The zero-order valence-electron chi connectivity index (χ0n) is 12.2. The lowest BCUT2D eigenvalue weighted by Crippen LogP contribution is -2.49. The molecule has 0 aromatic carbocycles. The fraction of sp³-hybridized carbons (Fsp3) is 0.938. The molecular weight excluding hydrogens is 234 g/mol. The number of nitrogens with two attached hydrogens (primary N) is 1. The SMILES string of the molecule is N/C(=N\C1CCCC1)N(C1CCCC1)C1CCCC1. The lowest BCUT2D eigenvalue weighted by Gasteiger charge is -2.36. The predicted molar refractivity (Wildman–Crippen MR) is 80.2 cm³/mol. The molecule has 3 rings (SSSR count). The van der Waals surface area contributed by atoms with E-state index in [9.17, 15) is 0 Å². The highest BCUT2D eigenvalue weighted by atomic mass is 15.3. The molecule has 0 radical (unpaired) electrons. The average molecular weight is 263 g/mol. The largest absolute Gasteiger partial charge is 0.370 e. The second-order valence-corrected chi connectivity index (χ2v) is 6.71. The first-order chi connectivity index (χ1) is 9.34. The first-order valence-electron chi connectivity index (χ1n) is 8.46. The third kappa shape index (κ3) is 3.06. The second-order valence-electron chi connectivity index (χ2n) is 6.71. The molecule has 0 heterocycles. The molecule has 0 amide bonds. The summed E-state index contributed by atoms with van der Waals surface area (Å²) in [6.07, 6.45) is 16.0. The van der Waals surface area contributed by atoms with E-state index in [1.807, 2.05) is 0 Å². The summed E-state index contributed by atoms with van der Waals surface area (Å²) < 4.78 is 0. The maximum absolute atomic E-state index is 6.43. The fourth-order valence-electron chi connectivity index (χ4n) is 4.32. The zero-order chi connectivity index (χ0) is 13.1. The Kier molecular flexibility index (Phi) is 4.29. The van der Waals surface area contributed by atoms with Crippen LogP contribution in [0, 0.1) is 0 Å². The van der Waals surface area contributed by atoms with E-state index < -0.39 is 0 Å². The molecule has 0 aromatic heterocycles. The van der Waals surface area contributed by atoms with Crippen LogP contribution in [0.25, 0.3) is 0 Å². The molecule has 3 heteroatoms. The normalized spacial score (nSPS) is 27.5. The van der Waals surface area contributed by atoms with E-state index in [4.69, 9.17) is 10.7 Å². The minimum absolute atomic E-state index is 0.519. The first-order valence-corrected chi connectivity index (χ1v) is 8.46. The van der Waals surface area contributed by atoms with Crippen LogP contribution in [0.3, 0.4) is 0 Å². The summed E-state index contributed by atoms with van der Waals surface area (Å²) >= 11 is 0. The Morgan fingerprint density at radius 1 is 0.737 bits per heavy atom. The zero-order valence-corrected chi connectivity index (χ0v) is 12.2. The van der Waals surface area contributed by atoms with Crippen LogP contribution in [0.1, 0.15) is 77.0 Å². The van der Waals surface area contributed by atoms with Crippen molar-refractivity contribution in [1.29, 1.82) is 0 Å². The van der Waals surface area contributed by atoms with Crippen molar-refractivity contribution in [1.82, 2.24) is 4.90 Å². The van der Waals surface area contributed by atoms with Gasteiger partial charge in [0.2, 0.25) is 0 Å². The lowest BCUT2D eigenvalue weighted by molar-refractivity contribution is 0.235. The van der Waals surface area contributed by atoms with Crippen LogP contribution in [-0.2, 0) is 0 Å². The highest BCUT2D eigenvalue weighted by Crippen LogP contribution is 2.32. The van der Waals surface area contributed by atoms with Crippen molar-refractivity contribution in [3.05, 3.63) is 0 Å². The van der Waals surface area contributed by atoms with Gasteiger partial charge in [-0.25, -0.2) is 4.99 Å². The molecule has 3 fully saturated rings. The molecule has 0 aliphatic heterocycles. The van der Waals surface area contributed by atoms with E-state index in [-0.39, 0.29) is 0 Å². The van der Waals surface area contributed by atoms with Gasteiger partial charge in [0, 0.05) is 12.1 Å². The van der Waals surface area contributed by atoms with Gasteiger partial charge in [-0.2, -0.15) is 0 Å². The van der Waals surface area contributed by atoms with Crippen LogP contribution in [0.2, 0.25) is 0 Å². The Bertz CT molecular complexity index is 292. The van der Waals surface area contributed by atoms with E-state index in [0.717, 1.165) is 5.96 Å². The maximum Gasteiger partial charge on any atom is 0.192 e. The predicted octanol–water partition coefficient (Wildman–Crippen LogP) is 3.43. The Balaban J connectivity index is 1.72. The third-order valence-corrected chi connectivity index (χ3v) is 5.34. The van der Waals surface area contributed by atoms with Crippen LogP contribution in [-0.4, -0.2) is 29.0 Å². The summed E-state index contributed by atoms with van der Waals surface area (Å²) in [6, 6.07) is 1.90. The van der Waals surface area contributed by atoms with Gasteiger partial charge in [-0.15, -0.1) is 0 Å². The number of guanidine groups is 1. The van der Waals surface area contributed by atoms with E-state index in [2.05, 4.69) is 4.90 Å². The van der Waals surface area contributed by atoms with Crippen molar-refractivity contribution >= 4 is 5.96 Å².